The highest BCUT2D eigenvalue weighted by Gasteiger charge is 2.08. The lowest BCUT2D eigenvalue weighted by molar-refractivity contribution is 0.297. The molecule has 2 aromatic rings. The third kappa shape index (κ3) is 4.51. The van der Waals surface area contributed by atoms with Gasteiger partial charge in [0.2, 0.25) is 0 Å². The Labute approximate surface area is 123 Å². The van der Waals surface area contributed by atoms with Crippen LogP contribution in [0.15, 0.2) is 48.5 Å². The summed E-state index contributed by atoms with van der Waals surface area (Å²) in [6, 6.07) is 13.9. The van der Waals surface area contributed by atoms with Crippen LogP contribution in [0.3, 0.4) is 0 Å². The number of hydrogen-bond donors (Lipinski definition) is 1. The van der Waals surface area contributed by atoms with Crippen molar-refractivity contribution in [2.45, 2.75) is 18.9 Å². The van der Waals surface area contributed by atoms with Crippen LogP contribution in [0.25, 0.3) is 0 Å². The molecular formula is C16H17ClFNO. The lowest BCUT2D eigenvalue weighted by Gasteiger charge is -2.13. The van der Waals surface area contributed by atoms with Gasteiger partial charge in [-0.2, -0.15) is 0 Å². The van der Waals surface area contributed by atoms with E-state index in [1.807, 2.05) is 30.3 Å². The zero-order valence-electron chi connectivity index (χ0n) is 11.1. The van der Waals surface area contributed by atoms with Crippen LogP contribution in [0.1, 0.15) is 12.0 Å². The number of benzene rings is 2. The second-order valence-electron chi connectivity index (χ2n) is 4.65. The molecule has 4 heteroatoms. The molecule has 0 saturated carbocycles. The van der Waals surface area contributed by atoms with Crippen molar-refractivity contribution in [1.29, 1.82) is 0 Å². The molecule has 0 spiro atoms. The molecule has 0 heterocycles. The molecule has 2 aromatic carbocycles. The predicted molar refractivity (Wildman–Crippen MR) is 79.6 cm³/mol. The van der Waals surface area contributed by atoms with E-state index in [1.54, 1.807) is 6.07 Å². The molecule has 0 amide bonds. The van der Waals surface area contributed by atoms with Crippen molar-refractivity contribution in [3.63, 3.8) is 0 Å². The summed E-state index contributed by atoms with van der Waals surface area (Å²) in [5, 5.41) is 0.421. The third-order valence-electron chi connectivity index (χ3n) is 3.00. The van der Waals surface area contributed by atoms with Crippen molar-refractivity contribution in [2.75, 3.05) is 6.61 Å². The van der Waals surface area contributed by atoms with E-state index in [0.717, 1.165) is 11.3 Å². The molecule has 106 valence electrons. The summed E-state index contributed by atoms with van der Waals surface area (Å²) in [6.07, 6.45) is 1.32. The Morgan fingerprint density at radius 2 is 1.90 bits per heavy atom. The van der Waals surface area contributed by atoms with Crippen LogP contribution in [0, 0.1) is 5.82 Å². The average Bonchev–Trinajstić information content (AvgIpc) is 2.43. The zero-order chi connectivity index (χ0) is 14.4. The van der Waals surface area contributed by atoms with Crippen molar-refractivity contribution < 1.29 is 9.13 Å². The van der Waals surface area contributed by atoms with Gasteiger partial charge >= 0.3 is 0 Å². The van der Waals surface area contributed by atoms with Crippen molar-refractivity contribution in [3.05, 3.63) is 64.9 Å². The van der Waals surface area contributed by atoms with Gasteiger partial charge in [-0.05, 0) is 42.7 Å². The van der Waals surface area contributed by atoms with Gasteiger partial charge in [0.05, 0.1) is 6.61 Å². The van der Waals surface area contributed by atoms with Gasteiger partial charge in [0.1, 0.15) is 11.6 Å². The molecule has 2 nitrogen and oxygen atoms in total. The molecule has 2 rings (SSSR count). The molecule has 0 bridgehead atoms. The van der Waals surface area contributed by atoms with E-state index in [9.17, 15) is 4.39 Å². The van der Waals surface area contributed by atoms with E-state index in [0.29, 0.717) is 24.5 Å². The topological polar surface area (TPSA) is 35.2 Å². The molecule has 0 aliphatic rings. The molecule has 20 heavy (non-hydrogen) atoms. The quantitative estimate of drug-likeness (QED) is 0.879. The maximum atomic E-state index is 12.9. The summed E-state index contributed by atoms with van der Waals surface area (Å²) in [5.41, 5.74) is 6.91. The van der Waals surface area contributed by atoms with Crippen molar-refractivity contribution >= 4 is 11.6 Å². The lowest BCUT2D eigenvalue weighted by Crippen LogP contribution is -2.25. The van der Waals surface area contributed by atoms with Gasteiger partial charge < -0.3 is 10.5 Å². The monoisotopic (exact) mass is 293 g/mol. The molecule has 1 atom stereocenters. The first-order chi connectivity index (χ1) is 9.65. The number of ether oxygens (including phenoxy) is 1. The van der Waals surface area contributed by atoms with Crippen LogP contribution in [0.5, 0.6) is 5.75 Å². The highest BCUT2D eigenvalue weighted by molar-refractivity contribution is 6.31. The Hall–Kier alpha value is -1.58. The fourth-order valence-corrected chi connectivity index (χ4v) is 2.16. The standard InChI is InChI=1S/C16H17ClFNO/c17-16-11-13(18)7-6-12(16)10-14(19)8-9-20-15-4-2-1-3-5-15/h1-7,11,14H,8-10,19H2. The third-order valence-corrected chi connectivity index (χ3v) is 3.35. The van der Waals surface area contributed by atoms with Crippen molar-refractivity contribution in [2.24, 2.45) is 5.73 Å². The molecule has 0 radical (unpaired) electrons. The first-order valence-corrected chi connectivity index (χ1v) is 6.90. The summed E-state index contributed by atoms with van der Waals surface area (Å²) in [6.45, 7) is 0.546. The smallest absolute Gasteiger partial charge is 0.124 e. The molecule has 0 fully saturated rings. The Balaban J connectivity index is 1.79. The first-order valence-electron chi connectivity index (χ1n) is 6.52. The van der Waals surface area contributed by atoms with Gasteiger partial charge in [0.15, 0.2) is 0 Å². The van der Waals surface area contributed by atoms with E-state index in [4.69, 9.17) is 22.1 Å². The maximum absolute atomic E-state index is 12.9. The largest absolute Gasteiger partial charge is 0.494 e. The minimum atomic E-state index is -0.334. The van der Waals surface area contributed by atoms with Crippen molar-refractivity contribution in [3.8, 4) is 5.75 Å². The van der Waals surface area contributed by atoms with Gasteiger partial charge in [-0.1, -0.05) is 35.9 Å². The minimum Gasteiger partial charge on any atom is -0.494 e. The van der Waals surface area contributed by atoms with Gasteiger partial charge in [0.25, 0.3) is 0 Å². The summed E-state index contributed by atoms with van der Waals surface area (Å²) in [5.74, 6) is 0.499. The molecule has 2 N–H and O–H groups in total. The van der Waals surface area contributed by atoms with Crippen molar-refractivity contribution in [1.82, 2.24) is 0 Å². The Kier molecular flexibility index (Phi) is 5.39. The number of hydrogen-bond acceptors (Lipinski definition) is 2. The van der Waals surface area contributed by atoms with Crippen LogP contribution in [-0.4, -0.2) is 12.6 Å². The van der Waals surface area contributed by atoms with E-state index in [2.05, 4.69) is 0 Å². The second kappa shape index (κ2) is 7.27. The Morgan fingerprint density at radius 3 is 2.60 bits per heavy atom. The number of halogens is 2. The summed E-state index contributed by atoms with van der Waals surface area (Å²) in [4.78, 5) is 0. The number of nitrogens with two attached hydrogens (primary N) is 1. The molecule has 0 aliphatic heterocycles. The maximum Gasteiger partial charge on any atom is 0.124 e. The average molecular weight is 294 g/mol. The molecular weight excluding hydrogens is 277 g/mol. The van der Waals surface area contributed by atoms with E-state index in [1.165, 1.54) is 12.1 Å². The summed E-state index contributed by atoms with van der Waals surface area (Å²) < 4.78 is 18.5. The fraction of sp³-hybridized carbons (Fsp3) is 0.250. The van der Waals surface area contributed by atoms with Crippen LogP contribution in [0.2, 0.25) is 5.02 Å². The van der Waals surface area contributed by atoms with Crippen LogP contribution in [0.4, 0.5) is 4.39 Å². The lowest BCUT2D eigenvalue weighted by atomic mass is 10.0. The second-order valence-corrected chi connectivity index (χ2v) is 5.06. The highest BCUT2D eigenvalue weighted by Crippen LogP contribution is 2.19. The fourth-order valence-electron chi connectivity index (χ4n) is 1.92. The SMILES string of the molecule is NC(CCOc1ccccc1)Cc1ccc(F)cc1Cl. The van der Waals surface area contributed by atoms with E-state index >= 15 is 0 Å². The molecule has 1 unspecified atom stereocenters. The zero-order valence-corrected chi connectivity index (χ0v) is 11.8. The summed E-state index contributed by atoms with van der Waals surface area (Å²) >= 11 is 5.98. The Morgan fingerprint density at radius 1 is 1.15 bits per heavy atom. The minimum absolute atomic E-state index is 0.0679. The predicted octanol–water partition coefficient (Wildman–Crippen LogP) is 3.82. The molecule has 0 aromatic heterocycles. The van der Waals surface area contributed by atoms with Gasteiger partial charge in [-0.15, -0.1) is 0 Å². The van der Waals surface area contributed by atoms with E-state index < -0.39 is 0 Å². The number of rotatable bonds is 6. The number of para-hydroxylation sites is 1. The first kappa shape index (κ1) is 14.8. The van der Waals surface area contributed by atoms with Gasteiger partial charge in [-0.25, -0.2) is 4.39 Å². The van der Waals surface area contributed by atoms with E-state index in [-0.39, 0.29) is 11.9 Å². The molecule has 0 aliphatic carbocycles. The van der Waals surface area contributed by atoms with Crippen LogP contribution in [-0.2, 0) is 6.42 Å². The van der Waals surface area contributed by atoms with Crippen LogP contribution < -0.4 is 10.5 Å². The van der Waals surface area contributed by atoms with Gasteiger partial charge in [-0.3, -0.25) is 0 Å². The molecule has 0 saturated heterocycles. The Bertz CT molecular complexity index is 547. The highest BCUT2D eigenvalue weighted by atomic mass is 35.5. The summed E-state index contributed by atoms with van der Waals surface area (Å²) in [7, 11) is 0. The normalized spacial score (nSPS) is 12.2. The van der Waals surface area contributed by atoms with Crippen LogP contribution >= 0.6 is 11.6 Å². The van der Waals surface area contributed by atoms with Gasteiger partial charge in [0, 0.05) is 11.1 Å².